The summed E-state index contributed by atoms with van der Waals surface area (Å²) < 4.78 is 32.5. The van der Waals surface area contributed by atoms with Crippen LogP contribution in [-0.4, -0.2) is 94.8 Å². The Balaban J connectivity index is 0.904. The maximum atomic E-state index is 13.4. The largest absolute Gasteiger partial charge is 0.489 e. The molecular weight excluding hydrogens is 872 g/mol. The van der Waals surface area contributed by atoms with E-state index in [1.165, 1.54) is 17.8 Å². The summed E-state index contributed by atoms with van der Waals surface area (Å²) in [7, 11) is -3.59. The molecule has 0 bridgehead atoms. The number of aryl methyl sites for hydroxylation is 1. The molecule has 3 aromatic carbocycles. The number of fused-ring (bicyclic) bond motifs is 1. The number of nitrogens with zero attached hydrogens (tertiary/aromatic N) is 4. The van der Waals surface area contributed by atoms with Gasteiger partial charge >= 0.3 is 0 Å². The van der Waals surface area contributed by atoms with Crippen molar-refractivity contribution in [2.75, 3.05) is 35.6 Å². The van der Waals surface area contributed by atoms with E-state index in [1.807, 2.05) is 19.9 Å². The van der Waals surface area contributed by atoms with Crippen LogP contribution in [0.2, 0.25) is 5.02 Å². The second-order valence-corrected chi connectivity index (χ2v) is 20.1. The molecule has 65 heavy (non-hydrogen) atoms. The highest BCUT2D eigenvalue weighted by molar-refractivity contribution is 7.92. The molecule has 4 N–H and O–H groups in total. The third-order valence-electron chi connectivity index (χ3n) is 11.9. The number of para-hydroxylation sites is 1. The number of unbranched alkanes of at least 4 members (excludes halogenated alkanes) is 2. The van der Waals surface area contributed by atoms with Crippen molar-refractivity contribution in [2.45, 2.75) is 114 Å². The lowest BCUT2D eigenvalue weighted by Crippen LogP contribution is -2.54. The fourth-order valence-electron chi connectivity index (χ4n) is 8.52. The van der Waals surface area contributed by atoms with Gasteiger partial charge < -0.3 is 25.6 Å². The van der Waals surface area contributed by atoms with Crippen molar-refractivity contribution in [3.05, 3.63) is 88.1 Å². The van der Waals surface area contributed by atoms with Crippen molar-refractivity contribution in [1.82, 2.24) is 25.1 Å². The van der Waals surface area contributed by atoms with Gasteiger partial charge in [-0.15, -0.1) is 0 Å². The van der Waals surface area contributed by atoms with E-state index in [4.69, 9.17) is 16.3 Å². The van der Waals surface area contributed by atoms with Gasteiger partial charge in [-0.05, 0) is 140 Å². The average molecular weight is 928 g/mol. The second-order valence-electron chi connectivity index (χ2n) is 17.3. The highest BCUT2D eigenvalue weighted by Gasteiger charge is 2.45. The molecule has 0 saturated carbocycles. The summed E-state index contributed by atoms with van der Waals surface area (Å²) in [4.78, 5) is 76.2. The lowest BCUT2D eigenvalue weighted by atomic mass is 9.86. The zero-order valence-electron chi connectivity index (χ0n) is 37.2. The maximum absolute atomic E-state index is 13.4. The average Bonchev–Trinajstić information content (AvgIpc) is 3.52. The highest BCUT2D eigenvalue weighted by Crippen LogP contribution is 2.39. The monoisotopic (exact) mass is 926 g/mol. The summed E-state index contributed by atoms with van der Waals surface area (Å²) in [5, 5.41) is 11.0. The molecule has 7 rings (SSSR count). The molecular formula is C47H55ClN8O8S. The second kappa shape index (κ2) is 20.1. The number of piperidine rings is 2. The van der Waals surface area contributed by atoms with Crippen molar-refractivity contribution in [3.63, 3.8) is 0 Å². The number of sulfone groups is 1. The number of benzene rings is 3. The predicted octanol–water partition coefficient (Wildman–Crippen LogP) is 7.67. The van der Waals surface area contributed by atoms with E-state index >= 15 is 0 Å². The Morgan fingerprint density at radius 3 is 2.37 bits per heavy atom. The van der Waals surface area contributed by atoms with Crippen LogP contribution in [0.3, 0.4) is 0 Å². The van der Waals surface area contributed by atoms with E-state index in [-0.39, 0.29) is 69.8 Å². The van der Waals surface area contributed by atoms with E-state index in [1.54, 1.807) is 50.2 Å². The number of hydrogen-bond donors (Lipinski definition) is 4. The molecule has 1 atom stereocenters. The summed E-state index contributed by atoms with van der Waals surface area (Å²) in [6.07, 6.45) is 6.05. The van der Waals surface area contributed by atoms with Crippen molar-refractivity contribution in [1.29, 1.82) is 0 Å². The summed E-state index contributed by atoms with van der Waals surface area (Å²) in [5.74, 6) is -1.18. The minimum Gasteiger partial charge on any atom is -0.489 e. The molecule has 2 fully saturated rings. The molecule has 3 aliphatic rings. The maximum Gasteiger partial charge on any atom is 0.264 e. The highest BCUT2D eigenvalue weighted by atomic mass is 35.5. The SMILES string of the molecule is Cc1cc(Nc2ncc(Cl)c(Nc3ccccc3S(=O)(=O)C(C)C)n2)c(OC(C)C)cc1C1CCN(CCCCCC(=O)Nc2cccc3c2C(=O)N(C2CCC(=O)NC2=O)C3=O)CC1. The van der Waals surface area contributed by atoms with Gasteiger partial charge in [-0.25, -0.2) is 13.4 Å². The number of ether oxygens (including phenoxy) is 1. The number of aromatic nitrogens is 2. The van der Waals surface area contributed by atoms with E-state index in [2.05, 4.69) is 49.1 Å². The molecule has 16 nitrogen and oxygen atoms in total. The van der Waals surface area contributed by atoms with Gasteiger partial charge in [0.2, 0.25) is 23.7 Å². The first-order valence-electron chi connectivity index (χ1n) is 22.1. The van der Waals surface area contributed by atoms with Gasteiger partial charge in [0, 0.05) is 12.8 Å². The Hall–Kier alpha value is -5.91. The van der Waals surface area contributed by atoms with Crippen LogP contribution in [0.25, 0.3) is 0 Å². The van der Waals surface area contributed by atoms with Gasteiger partial charge in [-0.1, -0.05) is 36.2 Å². The molecule has 0 spiro atoms. The van der Waals surface area contributed by atoms with Crippen LogP contribution < -0.4 is 26.0 Å². The van der Waals surface area contributed by atoms with Crippen LogP contribution in [0.1, 0.15) is 117 Å². The Morgan fingerprint density at radius 1 is 0.908 bits per heavy atom. The van der Waals surface area contributed by atoms with Gasteiger partial charge in [0.15, 0.2) is 15.7 Å². The number of carbonyl (C=O) groups is 5. The predicted molar refractivity (Wildman–Crippen MR) is 248 cm³/mol. The first-order chi connectivity index (χ1) is 31.0. The first kappa shape index (κ1) is 47.1. The number of hydrogen-bond acceptors (Lipinski definition) is 13. The zero-order valence-corrected chi connectivity index (χ0v) is 38.8. The Kier molecular flexibility index (Phi) is 14.5. The van der Waals surface area contributed by atoms with Gasteiger partial charge in [-0.3, -0.25) is 34.2 Å². The third-order valence-corrected chi connectivity index (χ3v) is 14.4. The number of amides is 5. The van der Waals surface area contributed by atoms with Crippen LogP contribution in [0.4, 0.5) is 28.8 Å². The van der Waals surface area contributed by atoms with Crippen LogP contribution >= 0.6 is 11.6 Å². The standard InChI is InChI=1S/C47H55ClN8O8S/c1-27(2)64-38-25-32(29(5)24-36(38)52-47-49-26-33(48)43(54-47)51-34-13-8-9-15-39(34)65(62,63)28(3)4)30-19-22-55(23-20-30)21-10-6-7-16-40(57)50-35-14-11-12-31-42(35)46(61)56(45(31)60)37-17-18-41(58)53-44(37)59/h8-9,11-15,24-28,30,37H,6-7,10,16-23H2,1-5H3,(H,50,57)(H,53,58,59)(H2,49,51,52,54). The number of likely N-dealkylation sites (tertiary alicyclic amines) is 1. The number of rotatable bonds is 17. The molecule has 4 aromatic rings. The van der Waals surface area contributed by atoms with Gasteiger partial charge in [0.1, 0.15) is 16.8 Å². The topological polar surface area (TPSA) is 209 Å². The first-order valence-corrected chi connectivity index (χ1v) is 24.0. The Bertz CT molecular complexity index is 2610. The third kappa shape index (κ3) is 10.6. The fourth-order valence-corrected chi connectivity index (χ4v) is 9.86. The fraction of sp³-hybridized carbons (Fsp3) is 0.426. The molecule has 0 aliphatic carbocycles. The molecule has 4 heterocycles. The van der Waals surface area contributed by atoms with E-state index in [9.17, 15) is 32.4 Å². The number of nitrogens with one attached hydrogen (secondary N) is 4. The molecule has 1 unspecified atom stereocenters. The number of anilines is 5. The van der Waals surface area contributed by atoms with Crippen molar-refractivity contribution >= 4 is 79.8 Å². The number of imide groups is 2. The van der Waals surface area contributed by atoms with Gasteiger partial charge in [0.25, 0.3) is 11.8 Å². The van der Waals surface area contributed by atoms with Crippen molar-refractivity contribution in [3.8, 4) is 5.75 Å². The molecule has 1 aromatic heterocycles. The normalized spacial score (nSPS) is 17.1. The molecule has 5 amide bonds. The Morgan fingerprint density at radius 2 is 1.65 bits per heavy atom. The Labute approximate surface area is 384 Å². The van der Waals surface area contributed by atoms with Crippen molar-refractivity contribution < 1.29 is 37.1 Å². The van der Waals surface area contributed by atoms with Crippen LogP contribution in [0.5, 0.6) is 5.75 Å². The van der Waals surface area contributed by atoms with Crippen LogP contribution in [-0.2, 0) is 24.2 Å². The molecule has 2 saturated heterocycles. The molecule has 0 radical (unpaired) electrons. The van der Waals surface area contributed by atoms with Gasteiger partial charge in [0.05, 0.1) is 50.6 Å². The van der Waals surface area contributed by atoms with Crippen molar-refractivity contribution in [2.24, 2.45) is 0 Å². The van der Waals surface area contributed by atoms with E-state index < -0.39 is 44.8 Å². The summed E-state index contributed by atoms with van der Waals surface area (Å²) in [5.41, 5.74) is 3.78. The summed E-state index contributed by atoms with van der Waals surface area (Å²) in [6.45, 7) is 12.1. The molecule has 18 heteroatoms. The minimum absolute atomic E-state index is 0.0234. The summed E-state index contributed by atoms with van der Waals surface area (Å²) >= 11 is 6.51. The lowest BCUT2D eigenvalue weighted by molar-refractivity contribution is -0.136. The molecule has 344 valence electrons. The van der Waals surface area contributed by atoms with E-state index in [0.29, 0.717) is 29.5 Å². The smallest absolute Gasteiger partial charge is 0.264 e. The minimum atomic E-state index is -3.59. The quantitative estimate of drug-likeness (QED) is 0.0593. The molecule has 3 aliphatic heterocycles. The summed E-state index contributed by atoms with van der Waals surface area (Å²) in [6, 6.07) is 14.4. The lowest BCUT2D eigenvalue weighted by Gasteiger charge is -2.33. The number of carbonyl (C=O) groups excluding carboxylic acids is 5. The van der Waals surface area contributed by atoms with Crippen LogP contribution in [0, 0.1) is 6.92 Å². The van der Waals surface area contributed by atoms with Crippen LogP contribution in [0.15, 0.2) is 65.7 Å². The van der Waals surface area contributed by atoms with Gasteiger partial charge in [-0.2, -0.15) is 4.98 Å². The number of halogens is 1. The van der Waals surface area contributed by atoms with E-state index in [0.717, 1.165) is 55.8 Å². The zero-order chi connectivity index (χ0) is 46.6.